The van der Waals surface area contributed by atoms with E-state index in [2.05, 4.69) is 15.5 Å². The number of amides is 1. The molecule has 2 aromatic carbocycles. The van der Waals surface area contributed by atoms with Crippen molar-refractivity contribution >= 4 is 23.3 Å². The van der Waals surface area contributed by atoms with Crippen LogP contribution in [0.15, 0.2) is 60.7 Å². The number of ketones is 1. The second-order valence-electron chi connectivity index (χ2n) is 7.81. The third kappa shape index (κ3) is 5.20. The van der Waals surface area contributed by atoms with Gasteiger partial charge in [-0.3, -0.25) is 14.7 Å². The highest BCUT2D eigenvalue weighted by molar-refractivity contribution is 6.00. The van der Waals surface area contributed by atoms with E-state index in [9.17, 15) is 14.4 Å². The van der Waals surface area contributed by atoms with Gasteiger partial charge in [-0.15, -0.1) is 0 Å². The van der Waals surface area contributed by atoms with Crippen LogP contribution in [0.3, 0.4) is 0 Å². The number of hydrogen-bond donors (Lipinski definition) is 2. The van der Waals surface area contributed by atoms with Crippen LogP contribution in [0.5, 0.6) is 0 Å². The van der Waals surface area contributed by atoms with Crippen LogP contribution in [-0.2, 0) is 9.53 Å². The minimum Gasteiger partial charge on any atom is -0.453 e. The molecule has 3 aromatic rings. The molecule has 0 saturated carbocycles. The van der Waals surface area contributed by atoms with Crippen LogP contribution in [0, 0.1) is 5.41 Å². The Morgan fingerprint density at radius 2 is 1.67 bits per heavy atom. The molecule has 2 N–H and O–H groups in total. The van der Waals surface area contributed by atoms with Crippen molar-refractivity contribution in [3.63, 3.8) is 0 Å². The number of anilines is 1. The van der Waals surface area contributed by atoms with E-state index in [0.717, 1.165) is 5.56 Å². The first kappa shape index (κ1) is 21.0. The fourth-order valence-electron chi connectivity index (χ4n) is 2.53. The summed E-state index contributed by atoms with van der Waals surface area (Å²) in [4.78, 5) is 36.5. The number of rotatable bonds is 6. The van der Waals surface area contributed by atoms with Gasteiger partial charge in [0.1, 0.15) is 5.69 Å². The molecule has 7 nitrogen and oxygen atoms in total. The zero-order valence-corrected chi connectivity index (χ0v) is 17.1. The average molecular weight is 405 g/mol. The van der Waals surface area contributed by atoms with E-state index in [1.165, 1.54) is 0 Å². The molecule has 0 unspecified atom stereocenters. The molecule has 0 bridgehead atoms. The lowest BCUT2D eigenvalue weighted by molar-refractivity contribution is -0.123. The van der Waals surface area contributed by atoms with E-state index in [1.54, 1.807) is 30.3 Å². The Morgan fingerprint density at radius 3 is 2.30 bits per heavy atom. The van der Waals surface area contributed by atoms with Gasteiger partial charge in [0.05, 0.1) is 5.69 Å². The van der Waals surface area contributed by atoms with Crippen molar-refractivity contribution in [1.29, 1.82) is 0 Å². The minimum absolute atomic E-state index is 0.120. The van der Waals surface area contributed by atoms with E-state index in [1.807, 2.05) is 51.1 Å². The molecule has 0 saturated heterocycles. The van der Waals surface area contributed by atoms with Gasteiger partial charge in [-0.05, 0) is 30.3 Å². The van der Waals surface area contributed by atoms with Gasteiger partial charge < -0.3 is 10.1 Å². The van der Waals surface area contributed by atoms with Gasteiger partial charge in [-0.1, -0.05) is 51.1 Å². The van der Waals surface area contributed by atoms with E-state index in [-0.39, 0.29) is 17.4 Å². The molecule has 0 spiro atoms. The zero-order valence-electron chi connectivity index (χ0n) is 17.1. The lowest BCUT2D eigenvalue weighted by atomic mass is 9.95. The molecule has 3 rings (SSSR count). The molecule has 154 valence electrons. The number of nitrogens with one attached hydrogen (secondary N) is 2. The number of esters is 1. The molecule has 1 heterocycles. The summed E-state index contributed by atoms with van der Waals surface area (Å²) in [6, 6.07) is 17.4. The van der Waals surface area contributed by atoms with Gasteiger partial charge in [0.2, 0.25) is 5.91 Å². The Balaban J connectivity index is 1.56. The molecule has 0 aliphatic carbocycles. The third-order valence-corrected chi connectivity index (χ3v) is 4.35. The van der Waals surface area contributed by atoms with Gasteiger partial charge in [0.25, 0.3) is 0 Å². The smallest absolute Gasteiger partial charge is 0.356 e. The molecule has 0 fully saturated rings. The molecule has 0 aliphatic heterocycles. The maximum Gasteiger partial charge on any atom is 0.356 e. The van der Waals surface area contributed by atoms with Gasteiger partial charge in [-0.2, -0.15) is 5.10 Å². The maximum absolute atomic E-state index is 12.3. The topological polar surface area (TPSA) is 101 Å². The summed E-state index contributed by atoms with van der Waals surface area (Å²) in [6.45, 7) is 5.05. The Bertz CT molecular complexity index is 1050. The number of aromatic amines is 1. The highest BCUT2D eigenvalue weighted by Crippen LogP contribution is 2.19. The maximum atomic E-state index is 12.3. The SMILES string of the molecule is CC(C)(C)C(=O)Nc1ccc(C(=O)COC(=O)c2cc(-c3ccccc3)n[nH]2)cc1. The predicted molar refractivity (Wildman–Crippen MR) is 113 cm³/mol. The van der Waals surface area contributed by atoms with Gasteiger partial charge in [0, 0.05) is 22.2 Å². The van der Waals surface area contributed by atoms with Crippen molar-refractivity contribution in [2.45, 2.75) is 20.8 Å². The minimum atomic E-state index is -0.660. The van der Waals surface area contributed by atoms with Crippen LogP contribution in [-0.4, -0.2) is 34.5 Å². The van der Waals surface area contributed by atoms with Gasteiger partial charge in [0.15, 0.2) is 12.4 Å². The number of nitrogens with zero attached hydrogens (tertiary/aromatic N) is 1. The van der Waals surface area contributed by atoms with Crippen molar-refractivity contribution < 1.29 is 19.1 Å². The molecule has 30 heavy (non-hydrogen) atoms. The Hall–Kier alpha value is -3.74. The zero-order chi connectivity index (χ0) is 21.7. The number of Topliss-reactive ketones (excluding diaryl/α,β-unsaturated/α-hetero) is 1. The number of H-pyrrole nitrogens is 1. The highest BCUT2D eigenvalue weighted by atomic mass is 16.5. The third-order valence-electron chi connectivity index (χ3n) is 4.35. The van der Waals surface area contributed by atoms with E-state index < -0.39 is 18.0 Å². The number of carbonyl (C=O) groups excluding carboxylic acids is 3. The van der Waals surface area contributed by atoms with Crippen molar-refractivity contribution in [3.05, 3.63) is 71.9 Å². The summed E-state index contributed by atoms with van der Waals surface area (Å²) in [5, 5.41) is 9.52. The molecule has 7 heteroatoms. The van der Waals surface area contributed by atoms with Crippen LogP contribution < -0.4 is 5.32 Å². The van der Waals surface area contributed by atoms with Crippen LogP contribution in [0.4, 0.5) is 5.69 Å². The molecule has 0 radical (unpaired) electrons. The number of hydrogen-bond acceptors (Lipinski definition) is 5. The number of benzene rings is 2. The summed E-state index contributed by atoms with van der Waals surface area (Å²) in [5.74, 6) is -1.13. The lowest BCUT2D eigenvalue weighted by Gasteiger charge is -2.17. The van der Waals surface area contributed by atoms with E-state index in [0.29, 0.717) is 16.9 Å². The molecule has 0 aliphatic rings. The van der Waals surface area contributed by atoms with Gasteiger partial charge in [-0.25, -0.2) is 4.79 Å². The Kier molecular flexibility index (Phi) is 6.11. The summed E-state index contributed by atoms with van der Waals surface area (Å²) in [5.41, 5.74) is 2.10. The second-order valence-corrected chi connectivity index (χ2v) is 7.81. The van der Waals surface area contributed by atoms with Crippen LogP contribution in [0.2, 0.25) is 0 Å². The molecular formula is C23H23N3O4. The quantitative estimate of drug-likeness (QED) is 0.475. The first-order valence-electron chi connectivity index (χ1n) is 9.47. The summed E-state index contributed by atoms with van der Waals surface area (Å²) in [6.07, 6.45) is 0. The molecule has 0 atom stereocenters. The van der Waals surface area contributed by atoms with Crippen molar-refractivity contribution in [2.24, 2.45) is 5.41 Å². The standard InChI is InChI=1S/C23H23N3O4/c1-23(2,3)22(29)24-17-11-9-16(10-12-17)20(27)14-30-21(28)19-13-18(25-26-19)15-7-5-4-6-8-15/h4-13H,14H2,1-3H3,(H,24,29)(H,25,26). The molecular weight excluding hydrogens is 382 g/mol. The summed E-state index contributed by atoms with van der Waals surface area (Å²) < 4.78 is 5.10. The molecule has 1 aromatic heterocycles. The highest BCUT2D eigenvalue weighted by Gasteiger charge is 2.21. The Labute approximate surface area is 174 Å². The van der Waals surface area contributed by atoms with E-state index in [4.69, 9.17) is 4.74 Å². The van der Waals surface area contributed by atoms with Crippen molar-refractivity contribution in [1.82, 2.24) is 10.2 Å². The lowest BCUT2D eigenvalue weighted by Crippen LogP contribution is -2.27. The Morgan fingerprint density at radius 1 is 1.00 bits per heavy atom. The monoisotopic (exact) mass is 405 g/mol. The number of carbonyl (C=O) groups is 3. The summed E-state index contributed by atoms with van der Waals surface area (Å²) >= 11 is 0. The van der Waals surface area contributed by atoms with Crippen molar-refractivity contribution in [3.8, 4) is 11.3 Å². The average Bonchev–Trinajstić information content (AvgIpc) is 3.22. The van der Waals surface area contributed by atoms with Crippen LogP contribution in [0.25, 0.3) is 11.3 Å². The second kappa shape index (κ2) is 8.73. The van der Waals surface area contributed by atoms with Gasteiger partial charge >= 0.3 is 5.97 Å². The number of aromatic nitrogens is 2. The normalized spacial score (nSPS) is 11.0. The van der Waals surface area contributed by atoms with Crippen LogP contribution in [0.1, 0.15) is 41.6 Å². The predicted octanol–water partition coefficient (Wildman–Crippen LogP) is 4.10. The van der Waals surface area contributed by atoms with Crippen molar-refractivity contribution in [2.75, 3.05) is 11.9 Å². The first-order valence-corrected chi connectivity index (χ1v) is 9.47. The van der Waals surface area contributed by atoms with E-state index >= 15 is 0 Å². The van der Waals surface area contributed by atoms with Crippen LogP contribution >= 0.6 is 0 Å². The molecule has 1 amide bonds. The number of ether oxygens (including phenoxy) is 1. The largest absolute Gasteiger partial charge is 0.453 e. The fourth-order valence-corrected chi connectivity index (χ4v) is 2.53. The summed E-state index contributed by atoms with van der Waals surface area (Å²) in [7, 11) is 0. The first-order chi connectivity index (χ1) is 14.2. The fraction of sp³-hybridized carbons (Fsp3) is 0.217.